The van der Waals surface area contributed by atoms with Gasteiger partial charge in [0.05, 0.1) is 30.5 Å². The van der Waals surface area contributed by atoms with Crippen LogP contribution in [0.1, 0.15) is 118 Å². The highest BCUT2D eigenvalue weighted by Crippen LogP contribution is 2.39. The third-order valence-corrected chi connectivity index (χ3v) is 16.9. The molecule has 3 aliphatic heterocycles. The Balaban J connectivity index is 1.44. The smallest absolute Gasteiger partial charge is 0.329 e. The molecule has 4 heterocycles. The number of fused-ring (bicyclic) bond motifs is 3. The largest absolute Gasteiger partial charge is 0.456 e. The van der Waals surface area contributed by atoms with Crippen LogP contribution in [-0.2, 0) is 47.7 Å². The van der Waals surface area contributed by atoms with Crippen LogP contribution in [0.5, 0.6) is 0 Å². The lowest BCUT2D eigenvalue weighted by atomic mass is 9.81. The summed E-state index contributed by atoms with van der Waals surface area (Å²) in [6.07, 6.45) is 4.92. The van der Waals surface area contributed by atoms with E-state index in [1.807, 2.05) is 44.2 Å². The van der Waals surface area contributed by atoms with Crippen molar-refractivity contribution in [3.63, 3.8) is 0 Å². The number of allylic oxidation sites excluding steroid dienone is 3. The molecule has 1 saturated carbocycles. The molecule has 2 amide bonds. The van der Waals surface area contributed by atoms with Crippen molar-refractivity contribution in [2.24, 2.45) is 29.6 Å². The van der Waals surface area contributed by atoms with Crippen molar-refractivity contribution in [3.8, 4) is 0 Å². The lowest BCUT2D eigenvalue weighted by Crippen LogP contribution is -2.64. The molecule has 1 aromatic rings. The first kappa shape index (κ1) is 57.7. The van der Waals surface area contributed by atoms with Crippen LogP contribution in [-0.4, -0.2) is 149 Å². The standard InChI is InChI=1S/C52H79N3O13S2/c1-31-24-32(2)26-43(65-7)48-44(66-8)28-34(4)52(63,68-48)49(60)50(61)55-22-12-10-15-38(55)51(62)67-47(33(3)27-36-18-19-39(56)42(29-36)64-6)35(5)40(57)30-41(58)37(25-31)14-13-16-45(59)53-21-23-69-70-46-17-9-11-20-54-46/h9,11,17,20,25,27,32,34-40,42-44,47-48,56-57,63H,10,12-16,18-19,21-24,26,28-30H2,1-8H3,(H,53,59)/b31-25+,33-27+/t32-,34+,35+,36-,37+,38-,39+,40-,42+,43-,44-,47+,48+,52+/m0/s1. The van der Waals surface area contributed by atoms with E-state index in [2.05, 4.69) is 10.3 Å². The van der Waals surface area contributed by atoms with Gasteiger partial charge in [0, 0.05) is 77.0 Å². The summed E-state index contributed by atoms with van der Waals surface area (Å²) in [4.78, 5) is 76.2. The fraction of sp³-hybridized carbons (Fsp3) is 0.731. The van der Waals surface area contributed by atoms with Crippen LogP contribution < -0.4 is 5.32 Å². The van der Waals surface area contributed by atoms with Crippen molar-refractivity contribution < 1.29 is 63.0 Å². The number of aliphatic hydroxyl groups excluding tert-OH is 2. The highest BCUT2D eigenvalue weighted by atomic mass is 33.1. The molecule has 4 N–H and O–H groups in total. The molecular weight excluding hydrogens is 939 g/mol. The van der Waals surface area contributed by atoms with Gasteiger partial charge in [-0.25, -0.2) is 9.78 Å². The molecule has 1 aliphatic carbocycles. The molecule has 1 aromatic heterocycles. The van der Waals surface area contributed by atoms with E-state index < -0.39 is 90.0 Å². The summed E-state index contributed by atoms with van der Waals surface area (Å²) in [7, 11) is 7.73. The van der Waals surface area contributed by atoms with E-state index >= 15 is 0 Å². The monoisotopic (exact) mass is 1020 g/mol. The number of nitrogens with one attached hydrogen (secondary N) is 1. The average molecular weight is 1020 g/mol. The van der Waals surface area contributed by atoms with Crippen molar-refractivity contribution in [2.45, 2.75) is 178 Å². The number of piperidine rings is 1. The van der Waals surface area contributed by atoms with Gasteiger partial charge >= 0.3 is 5.97 Å². The molecule has 0 spiro atoms. The highest BCUT2D eigenvalue weighted by molar-refractivity contribution is 8.76. The molecule has 392 valence electrons. The SMILES string of the molecule is CO[C@H]1C[C@@H](C)C/C(C)=C/[C@@H](CCCC(=O)NCCSSc2ccccn2)C(=O)C[C@H](O)[C@@H](C)[C@@H](/C(C)=C/[C@@H]2CC[C@@H](O)[C@H](OC)C2)OC(=O)[C@@H]2CCCCN2C(=O)C(=O)[C@]2(O)O[C@H]1[C@@H](OC)C[C@H]2C. The van der Waals surface area contributed by atoms with Gasteiger partial charge in [-0.05, 0) is 125 Å². The van der Waals surface area contributed by atoms with E-state index in [1.54, 1.807) is 55.7 Å². The topological polar surface area (TPSA) is 220 Å². The van der Waals surface area contributed by atoms with E-state index in [0.717, 1.165) is 10.6 Å². The van der Waals surface area contributed by atoms with Crippen LogP contribution in [0.4, 0.5) is 0 Å². The number of hydrogen-bond acceptors (Lipinski definition) is 16. The van der Waals surface area contributed by atoms with Gasteiger partial charge in [-0.1, -0.05) is 55.4 Å². The van der Waals surface area contributed by atoms with Crippen LogP contribution in [0.3, 0.4) is 0 Å². The Morgan fingerprint density at radius 1 is 0.957 bits per heavy atom. The minimum atomic E-state index is -2.55. The van der Waals surface area contributed by atoms with E-state index in [-0.39, 0.29) is 55.8 Å². The Morgan fingerprint density at radius 2 is 1.69 bits per heavy atom. The summed E-state index contributed by atoms with van der Waals surface area (Å²) >= 11 is 0. The zero-order valence-corrected chi connectivity index (χ0v) is 44.1. The molecule has 4 aliphatic rings. The fourth-order valence-electron chi connectivity index (χ4n) is 10.6. The summed E-state index contributed by atoms with van der Waals surface area (Å²) in [5.74, 6) is -7.64. The first-order valence-electron chi connectivity index (χ1n) is 25.2. The number of amides is 2. The van der Waals surface area contributed by atoms with E-state index in [4.69, 9.17) is 23.7 Å². The van der Waals surface area contributed by atoms with E-state index in [9.17, 15) is 39.3 Å². The number of hydrogen-bond donors (Lipinski definition) is 4. The third kappa shape index (κ3) is 15.7. The second kappa shape index (κ2) is 27.7. The number of Topliss-reactive ketones (excluding diaryl/α,β-unsaturated/α-hetero) is 2. The number of rotatable bonds is 14. The van der Waals surface area contributed by atoms with Gasteiger partial charge < -0.3 is 49.2 Å². The summed E-state index contributed by atoms with van der Waals surface area (Å²) in [6.45, 7) is 9.66. The number of nitrogens with zero attached hydrogens (tertiary/aromatic N) is 2. The summed E-state index contributed by atoms with van der Waals surface area (Å²) in [6, 6.07) is 4.53. The Bertz CT molecular complexity index is 1960. The maximum absolute atomic E-state index is 14.5. The van der Waals surface area contributed by atoms with Gasteiger partial charge in [0.1, 0.15) is 29.1 Å². The Hall–Kier alpha value is -3.20. The van der Waals surface area contributed by atoms with E-state index in [1.165, 1.54) is 19.1 Å². The van der Waals surface area contributed by atoms with Crippen molar-refractivity contribution >= 4 is 50.9 Å². The number of ketones is 2. The molecular formula is C52H79N3O13S2. The maximum atomic E-state index is 14.5. The molecule has 2 saturated heterocycles. The minimum Gasteiger partial charge on any atom is -0.456 e. The van der Waals surface area contributed by atoms with E-state index in [0.29, 0.717) is 75.7 Å². The third-order valence-electron chi connectivity index (χ3n) is 14.7. The predicted octanol–water partition coefficient (Wildman–Crippen LogP) is 6.18. The van der Waals surface area contributed by atoms with Gasteiger partial charge in [0.2, 0.25) is 11.7 Å². The Morgan fingerprint density at radius 3 is 2.39 bits per heavy atom. The Kier molecular flexibility index (Phi) is 22.9. The molecule has 5 rings (SSSR count). The molecule has 3 fully saturated rings. The van der Waals surface area contributed by atoms with Gasteiger partial charge in [0.25, 0.3) is 11.7 Å². The molecule has 16 nitrogen and oxygen atoms in total. The molecule has 14 atom stereocenters. The predicted molar refractivity (Wildman–Crippen MR) is 267 cm³/mol. The second-order valence-electron chi connectivity index (χ2n) is 20.1. The van der Waals surface area contributed by atoms with Gasteiger partial charge in [-0.2, -0.15) is 0 Å². The summed E-state index contributed by atoms with van der Waals surface area (Å²) in [5, 5.41) is 38.6. The van der Waals surface area contributed by atoms with Crippen LogP contribution in [0.15, 0.2) is 52.7 Å². The number of carbonyl (C=O) groups excluding carboxylic acids is 5. The molecule has 2 bridgehead atoms. The van der Waals surface area contributed by atoms with Crippen LogP contribution in [0.2, 0.25) is 0 Å². The number of aliphatic hydroxyl groups is 3. The van der Waals surface area contributed by atoms with Gasteiger partial charge in [-0.3, -0.25) is 19.2 Å². The molecule has 18 heteroatoms. The van der Waals surface area contributed by atoms with Crippen molar-refractivity contribution in [1.29, 1.82) is 0 Å². The Labute approximate surface area is 422 Å². The fourth-order valence-corrected chi connectivity index (χ4v) is 12.4. The summed E-state index contributed by atoms with van der Waals surface area (Å²) in [5.41, 5.74) is 1.53. The second-order valence-corrected chi connectivity index (χ2v) is 22.5. The molecule has 0 unspecified atom stereocenters. The first-order chi connectivity index (χ1) is 33.4. The number of ether oxygens (including phenoxy) is 5. The first-order valence-corrected chi connectivity index (χ1v) is 27.5. The average Bonchev–Trinajstić information content (AvgIpc) is 3.34. The van der Waals surface area contributed by atoms with Crippen molar-refractivity contribution in [1.82, 2.24) is 15.2 Å². The van der Waals surface area contributed by atoms with Crippen LogP contribution >= 0.6 is 21.6 Å². The molecule has 0 aromatic carbocycles. The molecule has 0 radical (unpaired) electrons. The zero-order valence-electron chi connectivity index (χ0n) is 42.4. The van der Waals surface area contributed by atoms with Crippen molar-refractivity contribution in [3.05, 3.63) is 47.7 Å². The quantitative estimate of drug-likeness (QED) is 0.0537. The zero-order chi connectivity index (χ0) is 51.1. The lowest BCUT2D eigenvalue weighted by molar-refractivity contribution is -0.302. The van der Waals surface area contributed by atoms with Crippen LogP contribution in [0, 0.1) is 29.6 Å². The highest BCUT2D eigenvalue weighted by Gasteiger charge is 2.56. The number of aromatic nitrogens is 1. The van der Waals surface area contributed by atoms with Gasteiger partial charge in [0.15, 0.2) is 0 Å². The van der Waals surface area contributed by atoms with Gasteiger partial charge in [-0.15, -0.1) is 0 Å². The summed E-state index contributed by atoms with van der Waals surface area (Å²) < 4.78 is 30.1. The lowest BCUT2D eigenvalue weighted by Gasteiger charge is -2.47. The molecule has 70 heavy (non-hydrogen) atoms. The van der Waals surface area contributed by atoms with Crippen LogP contribution in [0.25, 0.3) is 0 Å². The number of esters is 1. The number of pyridine rings is 1. The number of methoxy groups -OCH3 is 3. The van der Waals surface area contributed by atoms with Crippen molar-refractivity contribution in [2.75, 3.05) is 40.2 Å². The normalized spacial score (nSPS) is 35.5. The minimum absolute atomic E-state index is 0.0488. The number of cyclic esters (lactones) is 1. The number of carbonyl (C=O) groups is 5. The maximum Gasteiger partial charge on any atom is 0.329 e.